The summed E-state index contributed by atoms with van der Waals surface area (Å²) in [5.74, 6) is 0.529. The lowest BCUT2D eigenvalue weighted by Gasteiger charge is -2.14. The number of amides is 1. The molecule has 0 aliphatic carbocycles. The van der Waals surface area contributed by atoms with E-state index >= 15 is 0 Å². The lowest BCUT2D eigenvalue weighted by Crippen LogP contribution is -2.36. The van der Waals surface area contributed by atoms with Crippen molar-refractivity contribution in [2.75, 3.05) is 13.1 Å². The predicted octanol–water partition coefficient (Wildman–Crippen LogP) is 1.26. The molecule has 1 aromatic carbocycles. The normalized spacial score (nSPS) is 11.7. The Kier molecular flexibility index (Phi) is 5.94. The van der Waals surface area contributed by atoms with Crippen molar-refractivity contribution in [2.24, 2.45) is 5.73 Å². The Hall–Kier alpha value is -1.81. The number of nitrogens with two attached hydrogens (primary N) is 1. The van der Waals surface area contributed by atoms with E-state index in [2.05, 4.69) is 11.9 Å². The maximum Gasteiger partial charge on any atom is 0.261 e. The summed E-state index contributed by atoms with van der Waals surface area (Å²) >= 11 is 0. The number of hydrogen-bond acceptors (Lipinski definition) is 3. The molecule has 0 aromatic heterocycles. The van der Waals surface area contributed by atoms with Gasteiger partial charge in [-0.2, -0.15) is 0 Å². The van der Waals surface area contributed by atoms with Crippen LogP contribution in [0.5, 0.6) is 5.75 Å². The average Bonchev–Trinajstić information content (AvgIpc) is 2.36. The number of rotatable bonds is 7. The van der Waals surface area contributed by atoms with Crippen LogP contribution in [0.1, 0.15) is 12.5 Å². The summed E-state index contributed by atoms with van der Waals surface area (Å²) < 4.78 is 5.57. The SMILES string of the molecule is C=CCNC(=O)C(C)Oc1cccc(CCN)c1. The van der Waals surface area contributed by atoms with Crippen LogP contribution in [0.3, 0.4) is 0 Å². The van der Waals surface area contributed by atoms with E-state index in [1.54, 1.807) is 13.0 Å². The lowest BCUT2D eigenvalue weighted by atomic mass is 10.1. The summed E-state index contributed by atoms with van der Waals surface area (Å²) in [4.78, 5) is 11.6. The number of carbonyl (C=O) groups excluding carboxylic acids is 1. The van der Waals surface area contributed by atoms with Gasteiger partial charge in [0.25, 0.3) is 5.91 Å². The van der Waals surface area contributed by atoms with Gasteiger partial charge in [0, 0.05) is 6.54 Å². The zero-order chi connectivity index (χ0) is 13.4. The molecule has 0 spiro atoms. The van der Waals surface area contributed by atoms with Crippen LogP contribution in [-0.4, -0.2) is 25.1 Å². The molecular formula is C14H20N2O2. The van der Waals surface area contributed by atoms with Crippen molar-refractivity contribution in [2.45, 2.75) is 19.4 Å². The highest BCUT2D eigenvalue weighted by Crippen LogP contribution is 2.15. The topological polar surface area (TPSA) is 64.3 Å². The molecule has 18 heavy (non-hydrogen) atoms. The zero-order valence-corrected chi connectivity index (χ0v) is 10.7. The fourth-order valence-corrected chi connectivity index (χ4v) is 1.52. The third kappa shape index (κ3) is 4.59. The van der Waals surface area contributed by atoms with Gasteiger partial charge in [-0.1, -0.05) is 18.2 Å². The molecule has 1 rings (SSSR count). The Bertz CT molecular complexity index is 405. The van der Waals surface area contributed by atoms with Crippen LogP contribution in [0.4, 0.5) is 0 Å². The summed E-state index contributed by atoms with van der Waals surface area (Å²) in [5.41, 5.74) is 6.61. The van der Waals surface area contributed by atoms with Crippen molar-refractivity contribution in [3.8, 4) is 5.75 Å². The van der Waals surface area contributed by atoms with Gasteiger partial charge in [-0.3, -0.25) is 4.79 Å². The molecule has 1 unspecified atom stereocenters. The van der Waals surface area contributed by atoms with E-state index in [4.69, 9.17) is 10.5 Å². The van der Waals surface area contributed by atoms with E-state index in [0.29, 0.717) is 18.8 Å². The molecule has 1 amide bonds. The quantitative estimate of drug-likeness (QED) is 0.714. The van der Waals surface area contributed by atoms with Gasteiger partial charge in [-0.15, -0.1) is 6.58 Å². The molecular weight excluding hydrogens is 228 g/mol. The second-order valence-corrected chi connectivity index (χ2v) is 3.98. The van der Waals surface area contributed by atoms with Gasteiger partial charge >= 0.3 is 0 Å². The molecule has 3 N–H and O–H groups in total. The van der Waals surface area contributed by atoms with Gasteiger partial charge in [-0.25, -0.2) is 0 Å². The standard InChI is InChI=1S/C14H20N2O2/c1-3-9-16-14(17)11(2)18-13-6-4-5-12(10-13)7-8-15/h3-6,10-11H,1,7-9,15H2,2H3,(H,16,17). The monoisotopic (exact) mass is 248 g/mol. The van der Waals surface area contributed by atoms with Crippen molar-refractivity contribution in [3.05, 3.63) is 42.5 Å². The minimum atomic E-state index is -0.530. The maximum absolute atomic E-state index is 11.6. The average molecular weight is 248 g/mol. The molecule has 0 aliphatic heterocycles. The van der Waals surface area contributed by atoms with Crippen molar-refractivity contribution in [3.63, 3.8) is 0 Å². The van der Waals surface area contributed by atoms with E-state index in [1.165, 1.54) is 0 Å². The number of carbonyl (C=O) groups is 1. The van der Waals surface area contributed by atoms with Crippen LogP contribution >= 0.6 is 0 Å². The Morgan fingerprint density at radius 3 is 3.06 bits per heavy atom. The number of nitrogens with one attached hydrogen (secondary N) is 1. The van der Waals surface area contributed by atoms with Gasteiger partial charge in [0.1, 0.15) is 5.75 Å². The molecule has 0 fully saturated rings. The molecule has 4 heteroatoms. The Balaban J connectivity index is 2.57. The fourth-order valence-electron chi connectivity index (χ4n) is 1.52. The van der Waals surface area contributed by atoms with Crippen molar-refractivity contribution in [1.82, 2.24) is 5.32 Å². The Morgan fingerprint density at radius 2 is 2.39 bits per heavy atom. The van der Waals surface area contributed by atoms with Crippen LogP contribution in [0.15, 0.2) is 36.9 Å². The van der Waals surface area contributed by atoms with Crippen LogP contribution in [0, 0.1) is 0 Å². The Labute approximate surface area is 108 Å². The highest BCUT2D eigenvalue weighted by Gasteiger charge is 2.13. The van der Waals surface area contributed by atoms with E-state index in [1.807, 2.05) is 24.3 Å². The van der Waals surface area contributed by atoms with E-state index < -0.39 is 6.10 Å². The first-order valence-electron chi connectivity index (χ1n) is 6.01. The van der Waals surface area contributed by atoms with E-state index in [0.717, 1.165) is 12.0 Å². The molecule has 1 aromatic rings. The summed E-state index contributed by atoms with van der Waals surface area (Å²) in [7, 11) is 0. The zero-order valence-electron chi connectivity index (χ0n) is 10.7. The van der Waals surface area contributed by atoms with Gasteiger partial charge in [0.15, 0.2) is 6.10 Å². The molecule has 0 radical (unpaired) electrons. The van der Waals surface area contributed by atoms with E-state index in [9.17, 15) is 4.79 Å². The summed E-state index contributed by atoms with van der Waals surface area (Å²) in [6.07, 6.45) is 1.90. The summed E-state index contributed by atoms with van der Waals surface area (Å²) in [6, 6.07) is 7.62. The Morgan fingerprint density at radius 1 is 1.61 bits per heavy atom. The van der Waals surface area contributed by atoms with Crippen molar-refractivity contribution >= 4 is 5.91 Å². The first kappa shape index (κ1) is 14.3. The third-order valence-corrected chi connectivity index (χ3v) is 2.43. The maximum atomic E-state index is 11.6. The minimum Gasteiger partial charge on any atom is -0.481 e. The highest BCUT2D eigenvalue weighted by molar-refractivity contribution is 5.80. The minimum absolute atomic E-state index is 0.154. The van der Waals surface area contributed by atoms with E-state index in [-0.39, 0.29) is 5.91 Å². The molecule has 0 saturated heterocycles. The van der Waals surface area contributed by atoms with Crippen LogP contribution in [-0.2, 0) is 11.2 Å². The molecule has 4 nitrogen and oxygen atoms in total. The number of hydrogen-bond donors (Lipinski definition) is 2. The molecule has 98 valence electrons. The van der Waals surface area contributed by atoms with Crippen LogP contribution in [0.25, 0.3) is 0 Å². The van der Waals surface area contributed by atoms with Gasteiger partial charge < -0.3 is 15.8 Å². The van der Waals surface area contributed by atoms with Crippen LogP contribution in [0.2, 0.25) is 0 Å². The molecule has 0 saturated carbocycles. The first-order valence-corrected chi connectivity index (χ1v) is 6.01. The van der Waals surface area contributed by atoms with Gasteiger partial charge in [0.2, 0.25) is 0 Å². The predicted molar refractivity (Wildman–Crippen MR) is 72.5 cm³/mol. The molecule has 0 bridgehead atoms. The first-order chi connectivity index (χ1) is 8.67. The van der Waals surface area contributed by atoms with Gasteiger partial charge in [0.05, 0.1) is 0 Å². The molecule has 0 heterocycles. The number of benzene rings is 1. The highest BCUT2D eigenvalue weighted by atomic mass is 16.5. The third-order valence-electron chi connectivity index (χ3n) is 2.43. The summed E-state index contributed by atoms with van der Waals surface area (Å²) in [5, 5.41) is 2.69. The summed E-state index contributed by atoms with van der Waals surface area (Å²) in [6.45, 7) is 6.30. The lowest BCUT2D eigenvalue weighted by molar-refractivity contribution is -0.127. The molecule has 0 aliphatic rings. The largest absolute Gasteiger partial charge is 0.481 e. The molecule has 1 atom stereocenters. The van der Waals surface area contributed by atoms with Crippen molar-refractivity contribution < 1.29 is 9.53 Å². The second-order valence-electron chi connectivity index (χ2n) is 3.98. The second kappa shape index (κ2) is 7.50. The number of ether oxygens (including phenoxy) is 1. The van der Waals surface area contributed by atoms with Crippen molar-refractivity contribution in [1.29, 1.82) is 0 Å². The van der Waals surface area contributed by atoms with Crippen LogP contribution < -0.4 is 15.8 Å². The smallest absolute Gasteiger partial charge is 0.261 e. The van der Waals surface area contributed by atoms with Gasteiger partial charge in [-0.05, 0) is 37.6 Å². The fraction of sp³-hybridized carbons (Fsp3) is 0.357.